The summed E-state index contributed by atoms with van der Waals surface area (Å²) in [6, 6.07) is 13.6. The molecule has 3 aromatic rings. The molecule has 1 aliphatic heterocycles. The maximum absolute atomic E-state index is 13.5. The minimum atomic E-state index is -0.571. The summed E-state index contributed by atoms with van der Waals surface area (Å²) in [7, 11) is 0. The topological polar surface area (TPSA) is 71.3 Å². The summed E-state index contributed by atoms with van der Waals surface area (Å²) < 4.78 is 19.5. The first kappa shape index (κ1) is 21.3. The van der Waals surface area contributed by atoms with Gasteiger partial charge in [-0.15, -0.1) is 5.10 Å². The highest BCUT2D eigenvalue weighted by Gasteiger charge is 2.24. The number of carbonyl (C=O) groups excluding carboxylic acids is 1. The number of amides is 1. The second-order valence-electron chi connectivity index (χ2n) is 7.67. The van der Waals surface area contributed by atoms with Gasteiger partial charge in [-0.05, 0) is 36.6 Å². The summed E-state index contributed by atoms with van der Waals surface area (Å²) in [4.78, 5) is 14.9. The van der Waals surface area contributed by atoms with E-state index in [2.05, 4.69) is 20.4 Å². The molecule has 0 aliphatic carbocycles. The van der Waals surface area contributed by atoms with Crippen molar-refractivity contribution < 1.29 is 13.6 Å². The molecule has 2 aromatic carbocycles. The zero-order chi connectivity index (χ0) is 21.6. The van der Waals surface area contributed by atoms with Crippen LogP contribution in [0.5, 0.6) is 0 Å². The van der Waals surface area contributed by atoms with Crippen molar-refractivity contribution in [2.24, 2.45) is 0 Å². The van der Waals surface area contributed by atoms with Crippen molar-refractivity contribution in [1.82, 2.24) is 15.5 Å². The maximum atomic E-state index is 13.5. The van der Waals surface area contributed by atoms with Gasteiger partial charge in [0.05, 0.1) is 5.02 Å². The van der Waals surface area contributed by atoms with Crippen LogP contribution in [0, 0.1) is 5.82 Å². The van der Waals surface area contributed by atoms with E-state index in [-0.39, 0.29) is 10.6 Å². The summed E-state index contributed by atoms with van der Waals surface area (Å²) in [5.41, 5.74) is 1.27. The van der Waals surface area contributed by atoms with E-state index in [9.17, 15) is 9.18 Å². The highest BCUT2D eigenvalue weighted by Crippen LogP contribution is 2.24. The van der Waals surface area contributed by atoms with E-state index in [0.717, 1.165) is 31.5 Å². The Balaban J connectivity index is 1.57. The van der Waals surface area contributed by atoms with Crippen LogP contribution < -0.4 is 10.2 Å². The molecule has 1 unspecified atom stereocenters. The number of hydrogen-bond acceptors (Lipinski definition) is 5. The van der Waals surface area contributed by atoms with E-state index >= 15 is 0 Å². The molecule has 2 heterocycles. The van der Waals surface area contributed by atoms with Crippen molar-refractivity contribution in [1.29, 1.82) is 0 Å². The van der Waals surface area contributed by atoms with E-state index < -0.39 is 17.8 Å². The van der Waals surface area contributed by atoms with E-state index in [1.165, 1.54) is 31.0 Å². The normalized spacial score (nSPS) is 15.4. The molecule has 1 saturated heterocycles. The minimum absolute atomic E-state index is 0.103. The smallest absolute Gasteiger partial charge is 0.318 e. The number of carbonyl (C=O) groups is 1. The van der Waals surface area contributed by atoms with Crippen LogP contribution in [0.25, 0.3) is 0 Å². The second-order valence-corrected chi connectivity index (χ2v) is 8.08. The van der Waals surface area contributed by atoms with Crippen LogP contribution in [0.1, 0.15) is 53.5 Å². The molecule has 1 amide bonds. The average molecular weight is 443 g/mol. The number of aromatic nitrogens is 2. The molecular formula is C23H24ClFN4O2. The Kier molecular flexibility index (Phi) is 6.82. The molecule has 0 saturated carbocycles. The number of nitrogens with one attached hydrogen (secondary N) is 1. The summed E-state index contributed by atoms with van der Waals surface area (Å²) in [5.74, 6) is -0.625. The number of anilines is 1. The zero-order valence-electron chi connectivity index (χ0n) is 17.1. The van der Waals surface area contributed by atoms with Gasteiger partial charge in [0, 0.05) is 25.1 Å². The molecule has 1 N–H and O–H groups in total. The molecule has 1 aromatic heterocycles. The van der Waals surface area contributed by atoms with Gasteiger partial charge in [0.2, 0.25) is 5.89 Å². The fraction of sp³-hybridized carbons (Fsp3) is 0.348. The Bertz CT molecular complexity index is 1020. The molecule has 1 fully saturated rings. The number of benzene rings is 2. The summed E-state index contributed by atoms with van der Waals surface area (Å²) in [6.45, 7) is 1.76. The van der Waals surface area contributed by atoms with Gasteiger partial charge in [-0.25, -0.2) is 4.39 Å². The molecule has 6 nitrogen and oxygen atoms in total. The number of nitrogens with zero attached hydrogens (tertiary/aromatic N) is 3. The predicted molar refractivity (Wildman–Crippen MR) is 117 cm³/mol. The molecule has 162 valence electrons. The fourth-order valence-electron chi connectivity index (χ4n) is 3.69. The first-order valence-electron chi connectivity index (χ1n) is 10.5. The third kappa shape index (κ3) is 5.41. The van der Waals surface area contributed by atoms with Gasteiger partial charge in [0.15, 0.2) is 0 Å². The van der Waals surface area contributed by atoms with Crippen molar-refractivity contribution in [3.63, 3.8) is 0 Å². The van der Waals surface area contributed by atoms with Crippen molar-refractivity contribution in [3.8, 4) is 0 Å². The van der Waals surface area contributed by atoms with Crippen LogP contribution in [0.4, 0.5) is 10.4 Å². The van der Waals surface area contributed by atoms with Crippen LogP contribution in [0.2, 0.25) is 5.02 Å². The van der Waals surface area contributed by atoms with Crippen molar-refractivity contribution in [3.05, 3.63) is 76.4 Å². The highest BCUT2D eigenvalue weighted by atomic mass is 35.5. The second kappa shape index (κ2) is 9.92. The third-order valence-electron chi connectivity index (χ3n) is 5.37. The summed E-state index contributed by atoms with van der Waals surface area (Å²) >= 11 is 5.84. The highest BCUT2D eigenvalue weighted by molar-refractivity contribution is 6.31. The Hall–Kier alpha value is -2.93. The molecule has 4 rings (SSSR count). The van der Waals surface area contributed by atoms with Gasteiger partial charge in [-0.2, -0.15) is 0 Å². The molecule has 31 heavy (non-hydrogen) atoms. The largest absolute Gasteiger partial charge is 0.406 e. The lowest BCUT2D eigenvalue weighted by molar-refractivity contribution is 0.0930. The number of hydrogen-bond donors (Lipinski definition) is 1. The van der Waals surface area contributed by atoms with Gasteiger partial charge in [-0.1, -0.05) is 59.9 Å². The molecule has 1 atom stereocenters. The maximum Gasteiger partial charge on any atom is 0.318 e. The van der Waals surface area contributed by atoms with E-state index in [4.69, 9.17) is 16.0 Å². The van der Waals surface area contributed by atoms with Crippen LogP contribution in [-0.2, 0) is 6.42 Å². The van der Waals surface area contributed by atoms with Crippen molar-refractivity contribution in [2.45, 2.75) is 38.1 Å². The Morgan fingerprint density at radius 3 is 2.55 bits per heavy atom. The molecular weight excluding hydrogens is 419 g/mol. The van der Waals surface area contributed by atoms with Crippen LogP contribution in [0.3, 0.4) is 0 Å². The van der Waals surface area contributed by atoms with Gasteiger partial charge >= 0.3 is 6.01 Å². The molecule has 0 radical (unpaired) electrons. The first-order valence-corrected chi connectivity index (χ1v) is 10.9. The van der Waals surface area contributed by atoms with E-state index in [0.29, 0.717) is 18.3 Å². The van der Waals surface area contributed by atoms with Gasteiger partial charge in [-0.3, -0.25) is 4.79 Å². The molecule has 1 aliphatic rings. The summed E-state index contributed by atoms with van der Waals surface area (Å²) in [6.07, 6.45) is 5.05. The lowest BCUT2D eigenvalue weighted by atomic mass is 10.1. The third-order valence-corrected chi connectivity index (χ3v) is 5.66. The van der Waals surface area contributed by atoms with Gasteiger partial charge < -0.3 is 14.6 Å². The average Bonchev–Trinajstić information content (AvgIpc) is 3.11. The molecule has 0 bridgehead atoms. The fourth-order valence-corrected chi connectivity index (χ4v) is 3.87. The monoisotopic (exact) mass is 442 g/mol. The van der Waals surface area contributed by atoms with E-state index in [1.807, 2.05) is 30.3 Å². The van der Waals surface area contributed by atoms with Gasteiger partial charge in [0.1, 0.15) is 11.9 Å². The van der Waals surface area contributed by atoms with E-state index in [1.54, 1.807) is 0 Å². The Labute approximate surface area is 185 Å². The number of rotatable bonds is 6. The van der Waals surface area contributed by atoms with Crippen molar-refractivity contribution in [2.75, 3.05) is 18.0 Å². The Morgan fingerprint density at radius 2 is 1.84 bits per heavy atom. The predicted octanol–water partition coefficient (Wildman–Crippen LogP) is 4.96. The molecule has 0 spiro atoms. The first-order chi connectivity index (χ1) is 15.1. The summed E-state index contributed by atoms with van der Waals surface area (Å²) in [5, 5.41) is 11.3. The van der Waals surface area contributed by atoms with Crippen molar-refractivity contribution >= 4 is 23.5 Å². The van der Waals surface area contributed by atoms with Crippen LogP contribution in [-0.4, -0.2) is 29.2 Å². The molecule has 8 heteroatoms. The van der Waals surface area contributed by atoms with Crippen LogP contribution in [0.15, 0.2) is 52.9 Å². The standard InChI is InChI=1S/C23H24ClFN4O2/c24-18-15-17(10-11-19(18)25)21(30)26-20(14-16-8-4-3-5-9-16)22-27-28-23(31-22)29-12-6-1-2-7-13-29/h3-5,8-11,15,20H,1-2,6-7,12-14H2,(H,26,30). The lowest BCUT2D eigenvalue weighted by Gasteiger charge is -2.18. The zero-order valence-corrected chi connectivity index (χ0v) is 17.8. The van der Waals surface area contributed by atoms with Gasteiger partial charge in [0.25, 0.3) is 5.91 Å². The SMILES string of the molecule is O=C(NC(Cc1ccccc1)c1nnc(N2CCCCCC2)o1)c1ccc(F)c(Cl)c1. The Morgan fingerprint density at radius 1 is 1.10 bits per heavy atom. The number of halogens is 2. The van der Waals surface area contributed by atoms with Crippen LogP contribution >= 0.6 is 11.6 Å². The quantitative estimate of drug-likeness (QED) is 0.584. The minimum Gasteiger partial charge on any atom is -0.406 e. The lowest BCUT2D eigenvalue weighted by Crippen LogP contribution is -2.30.